The minimum Gasteiger partial charge on any atom is -0.271 e. The predicted molar refractivity (Wildman–Crippen MR) is 82.9 cm³/mol. The third-order valence-corrected chi connectivity index (χ3v) is 4.10. The van der Waals surface area contributed by atoms with Crippen LogP contribution in [0.15, 0.2) is 24.3 Å². The van der Waals surface area contributed by atoms with Crippen molar-refractivity contribution in [1.29, 1.82) is 0 Å². The number of hydrogen-bond acceptors (Lipinski definition) is 3. The molecule has 0 aliphatic rings. The molecule has 6 heteroatoms. The minimum atomic E-state index is -0.0629. The van der Waals surface area contributed by atoms with Crippen LogP contribution < -0.4 is 11.3 Å². The van der Waals surface area contributed by atoms with Crippen LogP contribution in [0.25, 0.3) is 0 Å². The van der Waals surface area contributed by atoms with Crippen molar-refractivity contribution in [2.45, 2.75) is 32.9 Å². The molecule has 1 aromatic carbocycles. The Morgan fingerprint density at radius 1 is 1.40 bits per heavy atom. The summed E-state index contributed by atoms with van der Waals surface area (Å²) in [6.45, 7) is 4.82. The van der Waals surface area contributed by atoms with Gasteiger partial charge in [-0.1, -0.05) is 35.3 Å². The van der Waals surface area contributed by atoms with Crippen LogP contribution in [-0.4, -0.2) is 9.78 Å². The van der Waals surface area contributed by atoms with Crippen molar-refractivity contribution >= 4 is 23.2 Å². The van der Waals surface area contributed by atoms with Gasteiger partial charge >= 0.3 is 0 Å². The maximum absolute atomic E-state index is 6.24. The normalized spacial score (nSPS) is 12.7. The maximum Gasteiger partial charge on any atom is 0.0669 e. The number of halogens is 2. The van der Waals surface area contributed by atoms with Gasteiger partial charge in [0.1, 0.15) is 0 Å². The van der Waals surface area contributed by atoms with Crippen LogP contribution in [0.4, 0.5) is 0 Å². The predicted octanol–water partition coefficient (Wildman–Crippen LogP) is 3.27. The molecule has 2 rings (SSSR count). The molecule has 1 aromatic heterocycles. The lowest BCUT2D eigenvalue weighted by Gasteiger charge is -2.18. The van der Waals surface area contributed by atoms with Gasteiger partial charge in [-0.3, -0.25) is 16.0 Å². The third kappa shape index (κ3) is 3.15. The fourth-order valence-electron chi connectivity index (χ4n) is 2.27. The van der Waals surface area contributed by atoms with Gasteiger partial charge in [0.15, 0.2) is 0 Å². The summed E-state index contributed by atoms with van der Waals surface area (Å²) < 4.78 is 1.94. The molecule has 0 radical (unpaired) electrons. The first kappa shape index (κ1) is 15.3. The van der Waals surface area contributed by atoms with E-state index in [1.807, 2.05) is 29.8 Å². The molecule has 1 unspecified atom stereocenters. The Morgan fingerprint density at radius 3 is 2.80 bits per heavy atom. The summed E-state index contributed by atoms with van der Waals surface area (Å²) in [6, 6.07) is 7.59. The van der Waals surface area contributed by atoms with Gasteiger partial charge in [0.05, 0.1) is 27.5 Å². The Hall–Kier alpha value is -1.07. The van der Waals surface area contributed by atoms with Gasteiger partial charge in [0.25, 0.3) is 0 Å². The fourth-order valence-corrected chi connectivity index (χ4v) is 2.67. The number of aryl methyl sites for hydroxylation is 2. The maximum atomic E-state index is 6.24. The lowest BCUT2D eigenvalue weighted by atomic mass is 10.0. The van der Waals surface area contributed by atoms with Crippen LogP contribution in [0.2, 0.25) is 10.0 Å². The SMILES string of the molecule is CCn1nc(C)cc1C(Cc1cccc(Cl)c1Cl)NN. The summed E-state index contributed by atoms with van der Waals surface area (Å²) in [6.07, 6.45) is 0.654. The van der Waals surface area contributed by atoms with Crippen molar-refractivity contribution in [3.63, 3.8) is 0 Å². The van der Waals surface area contributed by atoms with Crippen LogP contribution in [0, 0.1) is 6.92 Å². The summed E-state index contributed by atoms with van der Waals surface area (Å²) in [5.74, 6) is 5.71. The Morgan fingerprint density at radius 2 is 2.15 bits per heavy atom. The van der Waals surface area contributed by atoms with E-state index >= 15 is 0 Å². The molecular formula is C14H18Cl2N4. The van der Waals surface area contributed by atoms with E-state index in [1.54, 1.807) is 6.07 Å². The molecule has 0 aliphatic carbocycles. The second-order valence-electron chi connectivity index (χ2n) is 4.66. The van der Waals surface area contributed by atoms with Crippen LogP contribution >= 0.6 is 23.2 Å². The number of rotatable bonds is 5. The fraction of sp³-hybridized carbons (Fsp3) is 0.357. The summed E-state index contributed by atoms with van der Waals surface area (Å²) in [5, 5.41) is 5.57. The van der Waals surface area contributed by atoms with Crippen LogP contribution in [0.1, 0.15) is 29.9 Å². The summed E-state index contributed by atoms with van der Waals surface area (Å²) in [7, 11) is 0. The smallest absolute Gasteiger partial charge is 0.0669 e. The lowest BCUT2D eigenvalue weighted by Crippen LogP contribution is -2.31. The van der Waals surface area contributed by atoms with E-state index in [1.165, 1.54) is 0 Å². The molecule has 0 fully saturated rings. The van der Waals surface area contributed by atoms with Gasteiger partial charge in [-0.15, -0.1) is 0 Å². The van der Waals surface area contributed by atoms with Gasteiger partial charge in [-0.2, -0.15) is 5.10 Å². The highest BCUT2D eigenvalue weighted by Crippen LogP contribution is 2.29. The van der Waals surface area contributed by atoms with Crippen molar-refractivity contribution in [2.24, 2.45) is 5.84 Å². The second kappa shape index (κ2) is 6.59. The standard InChI is InChI=1S/C14H18Cl2N4/c1-3-20-13(7-9(2)19-20)12(18-17)8-10-5-4-6-11(15)14(10)16/h4-7,12,18H,3,8,17H2,1-2H3. The summed E-state index contributed by atoms with van der Waals surface area (Å²) in [4.78, 5) is 0. The number of nitrogens with one attached hydrogen (secondary N) is 1. The number of hydrazine groups is 1. The molecule has 108 valence electrons. The Balaban J connectivity index is 2.31. The second-order valence-corrected chi connectivity index (χ2v) is 5.45. The zero-order valence-electron chi connectivity index (χ0n) is 11.5. The zero-order valence-corrected chi connectivity index (χ0v) is 13.0. The summed E-state index contributed by atoms with van der Waals surface area (Å²) >= 11 is 12.3. The van der Waals surface area contributed by atoms with Crippen molar-refractivity contribution in [1.82, 2.24) is 15.2 Å². The van der Waals surface area contributed by atoms with Crippen molar-refractivity contribution in [2.75, 3.05) is 0 Å². The number of aromatic nitrogens is 2. The number of hydrogen-bond donors (Lipinski definition) is 2. The molecule has 0 aliphatic heterocycles. The number of nitrogens with zero attached hydrogens (tertiary/aromatic N) is 2. The zero-order chi connectivity index (χ0) is 14.7. The Bertz CT molecular complexity index is 595. The topological polar surface area (TPSA) is 55.9 Å². The molecule has 0 bridgehead atoms. The third-order valence-electron chi connectivity index (χ3n) is 3.25. The molecule has 4 nitrogen and oxygen atoms in total. The van der Waals surface area contributed by atoms with E-state index in [9.17, 15) is 0 Å². The van der Waals surface area contributed by atoms with Gasteiger partial charge in [0, 0.05) is 6.54 Å². The molecule has 0 spiro atoms. The minimum absolute atomic E-state index is 0.0629. The molecule has 0 saturated carbocycles. The van der Waals surface area contributed by atoms with E-state index in [-0.39, 0.29) is 6.04 Å². The van der Waals surface area contributed by atoms with Crippen molar-refractivity contribution in [3.8, 4) is 0 Å². The number of benzene rings is 1. The largest absolute Gasteiger partial charge is 0.271 e. The van der Waals surface area contributed by atoms with E-state index in [4.69, 9.17) is 29.0 Å². The molecule has 2 aromatic rings. The molecule has 1 heterocycles. The highest BCUT2D eigenvalue weighted by Gasteiger charge is 2.18. The monoisotopic (exact) mass is 312 g/mol. The highest BCUT2D eigenvalue weighted by atomic mass is 35.5. The molecule has 1 atom stereocenters. The van der Waals surface area contributed by atoms with Gasteiger partial charge in [-0.05, 0) is 38.0 Å². The lowest BCUT2D eigenvalue weighted by molar-refractivity contribution is 0.490. The van der Waals surface area contributed by atoms with Gasteiger partial charge < -0.3 is 0 Å². The highest BCUT2D eigenvalue weighted by molar-refractivity contribution is 6.42. The first-order valence-corrected chi connectivity index (χ1v) is 7.25. The van der Waals surface area contributed by atoms with Gasteiger partial charge in [0.2, 0.25) is 0 Å². The van der Waals surface area contributed by atoms with Crippen LogP contribution in [-0.2, 0) is 13.0 Å². The Labute approximate surface area is 128 Å². The molecule has 20 heavy (non-hydrogen) atoms. The molecule has 0 amide bonds. The average molecular weight is 313 g/mol. The quantitative estimate of drug-likeness (QED) is 0.658. The Kier molecular flexibility index (Phi) is 5.05. The molecule has 3 N–H and O–H groups in total. The summed E-state index contributed by atoms with van der Waals surface area (Å²) in [5.41, 5.74) is 5.82. The first-order valence-electron chi connectivity index (χ1n) is 6.50. The molecular weight excluding hydrogens is 295 g/mol. The first-order chi connectivity index (χ1) is 9.56. The average Bonchev–Trinajstić information content (AvgIpc) is 2.81. The van der Waals surface area contributed by atoms with E-state index in [2.05, 4.69) is 17.4 Å². The van der Waals surface area contributed by atoms with Crippen molar-refractivity contribution in [3.05, 3.63) is 51.3 Å². The van der Waals surface area contributed by atoms with Gasteiger partial charge in [-0.25, -0.2) is 0 Å². The van der Waals surface area contributed by atoms with E-state index < -0.39 is 0 Å². The van der Waals surface area contributed by atoms with Crippen LogP contribution in [0.3, 0.4) is 0 Å². The van der Waals surface area contributed by atoms with Crippen LogP contribution in [0.5, 0.6) is 0 Å². The molecule has 0 saturated heterocycles. The van der Waals surface area contributed by atoms with Crippen molar-refractivity contribution < 1.29 is 0 Å². The van der Waals surface area contributed by atoms with E-state index in [0.29, 0.717) is 16.5 Å². The number of nitrogens with two attached hydrogens (primary N) is 1. The van der Waals surface area contributed by atoms with E-state index in [0.717, 1.165) is 23.5 Å².